The maximum atomic E-state index is 13.3. The Bertz CT molecular complexity index is 1000. The molecule has 1 fully saturated rings. The van der Waals surface area contributed by atoms with Gasteiger partial charge < -0.3 is 10.1 Å². The molecule has 1 aliphatic carbocycles. The Morgan fingerprint density at radius 3 is 2.53 bits per heavy atom. The Balaban J connectivity index is 1.48. The normalized spacial score (nSPS) is 20.6. The number of halogens is 3. The lowest BCUT2D eigenvalue weighted by Crippen LogP contribution is -2.46. The van der Waals surface area contributed by atoms with Gasteiger partial charge in [0.2, 0.25) is 0 Å². The number of nitrogens with zero attached hydrogens (tertiary/aromatic N) is 1. The standard InChI is InChI=1S/C27H33F3N2O2/c1-3-19-13-21-8-7-20(15-23(21)14-19)18(2)26(33)34-17-25(32-11-9-31-10-12-32)22-5-4-6-24(16-22)27(28,29)30/h4-8,15-16,18-19,25,31H,3,9-14,17H2,1-2H3. The highest BCUT2D eigenvalue weighted by atomic mass is 19.4. The molecule has 184 valence electrons. The summed E-state index contributed by atoms with van der Waals surface area (Å²) in [6.07, 6.45) is -1.14. The number of alkyl halides is 3. The molecule has 4 rings (SSSR count). The van der Waals surface area contributed by atoms with Crippen LogP contribution < -0.4 is 5.32 Å². The third-order valence-electron chi connectivity index (χ3n) is 7.25. The molecule has 0 saturated carbocycles. The molecule has 4 nitrogen and oxygen atoms in total. The van der Waals surface area contributed by atoms with Gasteiger partial charge in [0.05, 0.1) is 17.5 Å². The van der Waals surface area contributed by atoms with Gasteiger partial charge in [-0.3, -0.25) is 9.69 Å². The van der Waals surface area contributed by atoms with Crippen molar-refractivity contribution in [2.45, 2.75) is 51.2 Å². The number of ether oxygens (including phenoxy) is 1. The van der Waals surface area contributed by atoms with Gasteiger partial charge in [0, 0.05) is 26.2 Å². The number of esters is 1. The van der Waals surface area contributed by atoms with Crippen LogP contribution in [0, 0.1) is 5.92 Å². The first-order chi connectivity index (χ1) is 16.3. The average molecular weight is 475 g/mol. The largest absolute Gasteiger partial charge is 0.463 e. The van der Waals surface area contributed by atoms with E-state index in [9.17, 15) is 18.0 Å². The zero-order valence-electron chi connectivity index (χ0n) is 19.8. The monoisotopic (exact) mass is 474 g/mol. The minimum absolute atomic E-state index is 0.0212. The highest BCUT2D eigenvalue weighted by Crippen LogP contribution is 2.33. The molecule has 2 aliphatic rings. The lowest BCUT2D eigenvalue weighted by molar-refractivity contribution is -0.147. The second kappa shape index (κ2) is 10.5. The second-order valence-electron chi connectivity index (χ2n) is 9.49. The van der Waals surface area contributed by atoms with Crippen molar-refractivity contribution in [1.29, 1.82) is 0 Å². The number of fused-ring (bicyclic) bond motifs is 1. The van der Waals surface area contributed by atoms with Gasteiger partial charge in [-0.15, -0.1) is 0 Å². The molecule has 7 heteroatoms. The maximum absolute atomic E-state index is 13.3. The minimum atomic E-state index is -4.42. The lowest BCUT2D eigenvalue weighted by Gasteiger charge is -2.35. The summed E-state index contributed by atoms with van der Waals surface area (Å²) in [7, 11) is 0. The van der Waals surface area contributed by atoms with E-state index >= 15 is 0 Å². The first-order valence-electron chi connectivity index (χ1n) is 12.2. The summed E-state index contributed by atoms with van der Waals surface area (Å²) in [5, 5.41) is 3.26. The van der Waals surface area contributed by atoms with Gasteiger partial charge in [0.25, 0.3) is 0 Å². The van der Waals surface area contributed by atoms with Crippen molar-refractivity contribution in [3.8, 4) is 0 Å². The van der Waals surface area contributed by atoms with Crippen LogP contribution in [0.25, 0.3) is 0 Å². The Morgan fingerprint density at radius 1 is 1.09 bits per heavy atom. The van der Waals surface area contributed by atoms with Gasteiger partial charge in [-0.1, -0.05) is 43.7 Å². The fourth-order valence-electron chi connectivity index (χ4n) is 5.04. The smallest absolute Gasteiger partial charge is 0.416 e. The lowest BCUT2D eigenvalue weighted by atomic mass is 9.97. The first kappa shape index (κ1) is 24.7. The van der Waals surface area contributed by atoms with Crippen LogP contribution in [0.1, 0.15) is 60.0 Å². The summed E-state index contributed by atoms with van der Waals surface area (Å²) >= 11 is 0. The van der Waals surface area contributed by atoms with E-state index in [2.05, 4.69) is 29.3 Å². The molecule has 0 spiro atoms. The number of carbonyl (C=O) groups excluding carboxylic acids is 1. The third kappa shape index (κ3) is 5.63. The Kier molecular flexibility index (Phi) is 7.63. The topological polar surface area (TPSA) is 41.6 Å². The highest BCUT2D eigenvalue weighted by Gasteiger charge is 2.32. The van der Waals surface area contributed by atoms with E-state index in [1.165, 1.54) is 23.3 Å². The van der Waals surface area contributed by atoms with E-state index in [1.54, 1.807) is 6.07 Å². The quantitative estimate of drug-likeness (QED) is 0.566. The Morgan fingerprint density at radius 2 is 1.82 bits per heavy atom. The number of piperazine rings is 1. The molecule has 1 saturated heterocycles. The highest BCUT2D eigenvalue weighted by molar-refractivity contribution is 5.77. The van der Waals surface area contributed by atoms with Crippen LogP contribution in [0.2, 0.25) is 0 Å². The Labute approximate surface area is 199 Å². The maximum Gasteiger partial charge on any atom is 0.416 e. The summed E-state index contributed by atoms with van der Waals surface area (Å²) in [4.78, 5) is 15.1. The summed E-state index contributed by atoms with van der Waals surface area (Å²) in [6.45, 7) is 6.90. The molecule has 0 amide bonds. The van der Waals surface area contributed by atoms with E-state index in [0.717, 1.165) is 44.0 Å². The number of nitrogens with one attached hydrogen (secondary N) is 1. The number of hydrogen-bond donors (Lipinski definition) is 1. The molecule has 0 bridgehead atoms. The summed E-state index contributed by atoms with van der Waals surface area (Å²) in [5.41, 5.74) is 3.43. The van der Waals surface area contributed by atoms with Gasteiger partial charge in [0.1, 0.15) is 6.61 Å². The van der Waals surface area contributed by atoms with Crippen molar-refractivity contribution in [3.63, 3.8) is 0 Å². The summed E-state index contributed by atoms with van der Waals surface area (Å²) in [6, 6.07) is 11.2. The number of rotatable bonds is 7. The van der Waals surface area contributed by atoms with Crippen LogP contribution in [-0.4, -0.2) is 43.7 Å². The van der Waals surface area contributed by atoms with Crippen LogP contribution in [0.5, 0.6) is 0 Å². The molecule has 34 heavy (non-hydrogen) atoms. The zero-order chi connectivity index (χ0) is 24.3. The zero-order valence-corrected chi connectivity index (χ0v) is 19.8. The predicted octanol–water partition coefficient (Wildman–Crippen LogP) is 5.12. The fraction of sp³-hybridized carbons (Fsp3) is 0.519. The van der Waals surface area contributed by atoms with Crippen LogP contribution in [0.3, 0.4) is 0 Å². The van der Waals surface area contributed by atoms with Crippen molar-refractivity contribution < 1.29 is 22.7 Å². The molecule has 3 unspecified atom stereocenters. The molecule has 3 atom stereocenters. The summed E-state index contributed by atoms with van der Waals surface area (Å²) < 4.78 is 45.7. The molecule has 2 aromatic carbocycles. The van der Waals surface area contributed by atoms with Gasteiger partial charge in [-0.05, 0) is 60.1 Å². The first-order valence-corrected chi connectivity index (χ1v) is 12.2. The number of benzene rings is 2. The number of hydrogen-bond acceptors (Lipinski definition) is 4. The van der Waals surface area contributed by atoms with Crippen molar-refractivity contribution in [2.24, 2.45) is 5.92 Å². The van der Waals surface area contributed by atoms with Crippen molar-refractivity contribution in [3.05, 3.63) is 70.3 Å². The second-order valence-corrected chi connectivity index (χ2v) is 9.49. The van der Waals surface area contributed by atoms with Gasteiger partial charge in [-0.2, -0.15) is 13.2 Å². The van der Waals surface area contributed by atoms with E-state index in [-0.39, 0.29) is 12.6 Å². The Hall–Kier alpha value is -2.38. The molecule has 0 radical (unpaired) electrons. The van der Waals surface area contributed by atoms with Crippen molar-refractivity contribution in [1.82, 2.24) is 10.2 Å². The molecule has 1 aliphatic heterocycles. The molecule has 1 N–H and O–H groups in total. The molecule has 2 aromatic rings. The SMILES string of the molecule is CCC1Cc2ccc(C(C)C(=O)OCC(c3cccc(C(F)(F)F)c3)N3CCNCC3)cc2C1. The van der Waals surface area contributed by atoms with Crippen LogP contribution in [0.15, 0.2) is 42.5 Å². The van der Waals surface area contributed by atoms with Crippen LogP contribution >= 0.6 is 0 Å². The predicted molar refractivity (Wildman–Crippen MR) is 126 cm³/mol. The van der Waals surface area contributed by atoms with Gasteiger partial charge >= 0.3 is 12.1 Å². The average Bonchev–Trinajstić information content (AvgIpc) is 3.26. The third-order valence-corrected chi connectivity index (χ3v) is 7.25. The van der Waals surface area contributed by atoms with Crippen molar-refractivity contribution in [2.75, 3.05) is 32.8 Å². The molecular formula is C27H33F3N2O2. The van der Waals surface area contributed by atoms with Crippen LogP contribution in [-0.2, 0) is 28.5 Å². The molecule has 1 heterocycles. The number of carbonyl (C=O) groups is 1. The van der Waals surface area contributed by atoms with Gasteiger partial charge in [-0.25, -0.2) is 0 Å². The molecule has 0 aromatic heterocycles. The van der Waals surface area contributed by atoms with E-state index in [0.29, 0.717) is 24.6 Å². The fourth-order valence-corrected chi connectivity index (χ4v) is 5.04. The van der Waals surface area contributed by atoms with E-state index in [4.69, 9.17) is 4.74 Å². The summed E-state index contributed by atoms with van der Waals surface area (Å²) in [5.74, 6) is -0.118. The van der Waals surface area contributed by atoms with E-state index < -0.39 is 23.7 Å². The van der Waals surface area contributed by atoms with Gasteiger partial charge in [0.15, 0.2) is 0 Å². The van der Waals surface area contributed by atoms with E-state index in [1.807, 2.05) is 13.0 Å². The van der Waals surface area contributed by atoms with Crippen LogP contribution in [0.4, 0.5) is 13.2 Å². The van der Waals surface area contributed by atoms with Crippen molar-refractivity contribution >= 4 is 5.97 Å². The molecular weight excluding hydrogens is 441 g/mol. The minimum Gasteiger partial charge on any atom is -0.463 e.